The predicted molar refractivity (Wildman–Crippen MR) is 89.7 cm³/mol. The Morgan fingerprint density at radius 2 is 1.76 bits per heavy atom. The van der Waals surface area contributed by atoms with Gasteiger partial charge in [-0.25, -0.2) is 0 Å². The molecule has 0 fully saturated rings. The minimum Gasteiger partial charge on any atom is -0.398 e. The molecule has 0 aromatic heterocycles. The molecule has 0 saturated heterocycles. The van der Waals surface area contributed by atoms with Gasteiger partial charge in [-0.15, -0.1) is 0 Å². The van der Waals surface area contributed by atoms with E-state index in [2.05, 4.69) is 49.1 Å². The Kier molecular flexibility index (Phi) is 5.13. The zero-order chi connectivity index (χ0) is 15.2. The maximum absolute atomic E-state index is 9.21. The zero-order valence-electron chi connectivity index (χ0n) is 12.3. The average Bonchev–Trinajstić information content (AvgIpc) is 2.50. The van der Waals surface area contributed by atoms with Crippen molar-refractivity contribution in [2.24, 2.45) is 0 Å². The maximum Gasteiger partial charge on any atom is 0.102 e. The lowest BCUT2D eigenvalue weighted by Gasteiger charge is -2.21. The Hall–Kier alpha value is -2.12. The van der Waals surface area contributed by atoms with Crippen LogP contribution in [0.2, 0.25) is 0 Å². The van der Waals surface area contributed by atoms with Crippen LogP contribution in [0.25, 0.3) is 0 Å². The monoisotopic (exact) mass is 297 g/mol. The van der Waals surface area contributed by atoms with E-state index in [9.17, 15) is 5.26 Å². The molecule has 0 heterocycles. The Balaban J connectivity index is 2.22. The van der Waals surface area contributed by atoms with Crippen molar-refractivity contribution in [3.8, 4) is 6.07 Å². The largest absolute Gasteiger partial charge is 0.398 e. The van der Waals surface area contributed by atoms with Crippen LogP contribution in [-0.2, 0) is 0 Å². The highest BCUT2D eigenvalue weighted by Gasteiger charge is 2.08. The van der Waals surface area contributed by atoms with Crippen LogP contribution in [0.15, 0.2) is 52.3 Å². The molecule has 2 rings (SSSR count). The maximum atomic E-state index is 9.21. The standard InChI is InChI=1S/C17H19N3S/c1-3-20(4-2)13-8-10-14(11-9-13)21-17-7-5-6-16(19)15(17)12-18/h5-11H,3-4,19H2,1-2H3. The topological polar surface area (TPSA) is 53.0 Å². The summed E-state index contributed by atoms with van der Waals surface area (Å²) >= 11 is 1.57. The van der Waals surface area contributed by atoms with E-state index in [1.807, 2.05) is 12.1 Å². The molecular formula is C17H19N3S. The first-order valence-corrected chi connectivity index (χ1v) is 7.82. The van der Waals surface area contributed by atoms with Gasteiger partial charge in [-0.3, -0.25) is 0 Å². The van der Waals surface area contributed by atoms with Crippen molar-refractivity contribution in [2.75, 3.05) is 23.7 Å². The van der Waals surface area contributed by atoms with Crippen LogP contribution < -0.4 is 10.6 Å². The molecule has 0 atom stereocenters. The van der Waals surface area contributed by atoms with Crippen LogP contribution in [0, 0.1) is 11.3 Å². The number of anilines is 2. The highest BCUT2D eigenvalue weighted by molar-refractivity contribution is 7.99. The molecule has 0 aliphatic heterocycles. The van der Waals surface area contributed by atoms with Crippen molar-refractivity contribution in [1.29, 1.82) is 5.26 Å². The van der Waals surface area contributed by atoms with Gasteiger partial charge in [-0.2, -0.15) is 5.26 Å². The van der Waals surface area contributed by atoms with Crippen molar-refractivity contribution in [3.05, 3.63) is 48.0 Å². The van der Waals surface area contributed by atoms with Gasteiger partial charge in [0.15, 0.2) is 0 Å². The summed E-state index contributed by atoms with van der Waals surface area (Å²) in [5.74, 6) is 0. The quantitative estimate of drug-likeness (QED) is 0.843. The average molecular weight is 297 g/mol. The van der Waals surface area contributed by atoms with Gasteiger partial charge in [0.25, 0.3) is 0 Å². The van der Waals surface area contributed by atoms with Gasteiger partial charge < -0.3 is 10.6 Å². The van der Waals surface area contributed by atoms with Gasteiger partial charge >= 0.3 is 0 Å². The van der Waals surface area contributed by atoms with Gasteiger partial charge in [0.05, 0.1) is 11.3 Å². The second-order valence-electron chi connectivity index (χ2n) is 4.60. The number of nitrogens with zero attached hydrogens (tertiary/aromatic N) is 2. The summed E-state index contributed by atoms with van der Waals surface area (Å²) in [6.07, 6.45) is 0. The number of nitrogens with two attached hydrogens (primary N) is 1. The Morgan fingerprint density at radius 3 is 2.33 bits per heavy atom. The highest BCUT2D eigenvalue weighted by atomic mass is 32.2. The third-order valence-electron chi connectivity index (χ3n) is 3.36. The Bertz CT molecular complexity index is 640. The molecule has 0 amide bonds. The smallest absolute Gasteiger partial charge is 0.102 e. The van der Waals surface area contributed by atoms with Crippen molar-refractivity contribution in [3.63, 3.8) is 0 Å². The molecule has 4 heteroatoms. The molecular weight excluding hydrogens is 278 g/mol. The molecule has 0 unspecified atom stereocenters. The second kappa shape index (κ2) is 7.05. The van der Waals surface area contributed by atoms with Crippen LogP contribution in [-0.4, -0.2) is 13.1 Å². The van der Waals surface area contributed by atoms with Crippen molar-refractivity contribution in [2.45, 2.75) is 23.6 Å². The van der Waals surface area contributed by atoms with Crippen LogP contribution in [0.4, 0.5) is 11.4 Å². The molecule has 21 heavy (non-hydrogen) atoms. The molecule has 0 radical (unpaired) electrons. The van der Waals surface area contributed by atoms with Gasteiger partial charge in [-0.1, -0.05) is 17.8 Å². The predicted octanol–water partition coefficient (Wildman–Crippen LogP) is 4.14. The molecule has 0 aliphatic carbocycles. The first kappa shape index (κ1) is 15.3. The van der Waals surface area contributed by atoms with E-state index >= 15 is 0 Å². The van der Waals surface area contributed by atoms with E-state index < -0.39 is 0 Å². The van der Waals surface area contributed by atoms with Crippen molar-refractivity contribution >= 4 is 23.1 Å². The molecule has 2 N–H and O–H groups in total. The first-order chi connectivity index (χ1) is 10.2. The van der Waals surface area contributed by atoms with Gasteiger partial charge in [0.1, 0.15) is 6.07 Å². The summed E-state index contributed by atoms with van der Waals surface area (Å²) in [6, 6.07) is 16.1. The van der Waals surface area contributed by atoms with Gasteiger partial charge in [0.2, 0.25) is 0 Å². The zero-order valence-corrected chi connectivity index (χ0v) is 13.2. The summed E-state index contributed by atoms with van der Waals surface area (Å²) < 4.78 is 0. The fourth-order valence-corrected chi connectivity index (χ4v) is 3.13. The number of nitrogen functional groups attached to an aromatic ring is 1. The lowest BCUT2D eigenvalue weighted by Crippen LogP contribution is -2.21. The lowest BCUT2D eigenvalue weighted by molar-refractivity contribution is 0.865. The molecule has 2 aromatic carbocycles. The molecule has 3 nitrogen and oxygen atoms in total. The number of benzene rings is 2. The fourth-order valence-electron chi connectivity index (χ4n) is 2.19. The minimum atomic E-state index is 0.530. The molecule has 0 aliphatic rings. The van der Waals surface area contributed by atoms with E-state index in [0.717, 1.165) is 22.9 Å². The Morgan fingerprint density at radius 1 is 1.10 bits per heavy atom. The first-order valence-electron chi connectivity index (χ1n) is 7.01. The van der Waals surface area contributed by atoms with E-state index in [4.69, 9.17) is 5.73 Å². The summed E-state index contributed by atoms with van der Waals surface area (Å²) in [7, 11) is 0. The normalized spacial score (nSPS) is 10.1. The highest BCUT2D eigenvalue weighted by Crippen LogP contribution is 2.33. The van der Waals surface area contributed by atoms with E-state index in [0.29, 0.717) is 11.3 Å². The summed E-state index contributed by atoms with van der Waals surface area (Å²) in [5.41, 5.74) is 8.14. The van der Waals surface area contributed by atoms with Crippen LogP contribution in [0.3, 0.4) is 0 Å². The minimum absolute atomic E-state index is 0.530. The van der Waals surface area contributed by atoms with Crippen molar-refractivity contribution < 1.29 is 0 Å². The molecule has 108 valence electrons. The van der Waals surface area contributed by atoms with E-state index in [1.54, 1.807) is 17.8 Å². The van der Waals surface area contributed by atoms with Crippen LogP contribution in [0.5, 0.6) is 0 Å². The fraction of sp³-hybridized carbons (Fsp3) is 0.235. The summed E-state index contributed by atoms with van der Waals surface area (Å²) in [5, 5.41) is 9.21. The SMILES string of the molecule is CCN(CC)c1ccc(Sc2cccc(N)c2C#N)cc1. The lowest BCUT2D eigenvalue weighted by atomic mass is 10.2. The second-order valence-corrected chi connectivity index (χ2v) is 5.72. The van der Waals surface area contributed by atoms with Gasteiger partial charge in [0, 0.05) is 28.6 Å². The number of rotatable bonds is 5. The number of nitriles is 1. The number of hydrogen-bond acceptors (Lipinski definition) is 4. The van der Waals surface area contributed by atoms with Gasteiger partial charge in [-0.05, 0) is 50.2 Å². The van der Waals surface area contributed by atoms with E-state index in [1.165, 1.54) is 5.69 Å². The third-order valence-corrected chi connectivity index (χ3v) is 4.43. The van der Waals surface area contributed by atoms with Crippen LogP contribution >= 0.6 is 11.8 Å². The molecule has 0 bridgehead atoms. The summed E-state index contributed by atoms with van der Waals surface area (Å²) in [4.78, 5) is 4.30. The molecule has 0 spiro atoms. The van der Waals surface area contributed by atoms with E-state index in [-0.39, 0.29) is 0 Å². The third kappa shape index (κ3) is 3.50. The molecule has 2 aromatic rings. The number of hydrogen-bond donors (Lipinski definition) is 1. The Labute approximate surface area is 130 Å². The van der Waals surface area contributed by atoms with Crippen molar-refractivity contribution in [1.82, 2.24) is 0 Å². The summed E-state index contributed by atoms with van der Waals surface area (Å²) in [6.45, 7) is 6.30. The molecule has 0 saturated carbocycles. The van der Waals surface area contributed by atoms with Crippen LogP contribution in [0.1, 0.15) is 19.4 Å².